The molecule has 1 aromatic rings. The van der Waals surface area contributed by atoms with E-state index in [1.165, 1.54) is 19.2 Å². The SMILES string of the molecule is CCC1CCCN(C(=O)c2cccc(S(=O)(=O)NCCOC)c2)C1. The first kappa shape index (κ1) is 18.9. The predicted octanol–water partition coefficient (Wildman–Crippen LogP) is 1.87. The van der Waals surface area contributed by atoms with E-state index in [1.54, 1.807) is 12.1 Å². The van der Waals surface area contributed by atoms with Crippen LogP contribution in [0.3, 0.4) is 0 Å². The Morgan fingerprint density at radius 1 is 1.42 bits per heavy atom. The molecule has 1 aromatic carbocycles. The number of methoxy groups -OCH3 is 1. The summed E-state index contributed by atoms with van der Waals surface area (Å²) >= 11 is 0. The molecule has 0 spiro atoms. The first-order valence-electron chi connectivity index (χ1n) is 8.36. The van der Waals surface area contributed by atoms with E-state index in [2.05, 4.69) is 11.6 Å². The molecule has 1 atom stereocenters. The Hall–Kier alpha value is -1.44. The molecule has 2 rings (SSSR count). The van der Waals surface area contributed by atoms with Crippen LogP contribution < -0.4 is 4.72 Å². The number of hydrogen-bond acceptors (Lipinski definition) is 4. The van der Waals surface area contributed by atoms with E-state index in [0.717, 1.165) is 32.4 Å². The third-order valence-electron chi connectivity index (χ3n) is 4.37. The average molecular weight is 354 g/mol. The summed E-state index contributed by atoms with van der Waals surface area (Å²) in [5.41, 5.74) is 0.418. The van der Waals surface area contributed by atoms with Gasteiger partial charge in [-0.3, -0.25) is 4.79 Å². The van der Waals surface area contributed by atoms with Crippen molar-refractivity contribution < 1.29 is 17.9 Å². The van der Waals surface area contributed by atoms with Gasteiger partial charge in [0.15, 0.2) is 0 Å². The van der Waals surface area contributed by atoms with E-state index in [1.807, 2.05) is 4.90 Å². The van der Waals surface area contributed by atoms with E-state index in [4.69, 9.17) is 4.74 Å². The lowest BCUT2D eigenvalue weighted by Crippen LogP contribution is -2.39. The molecule has 7 heteroatoms. The van der Waals surface area contributed by atoms with Gasteiger partial charge in [0.05, 0.1) is 11.5 Å². The van der Waals surface area contributed by atoms with Crippen molar-refractivity contribution in [2.45, 2.75) is 31.1 Å². The molecule has 0 saturated carbocycles. The molecule has 0 aromatic heterocycles. The highest BCUT2D eigenvalue weighted by Crippen LogP contribution is 2.21. The van der Waals surface area contributed by atoms with Crippen LogP contribution in [0.5, 0.6) is 0 Å². The third-order valence-corrected chi connectivity index (χ3v) is 5.83. The summed E-state index contributed by atoms with van der Waals surface area (Å²) in [6.07, 6.45) is 3.21. The maximum absolute atomic E-state index is 12.7. The third kappa shape index (κ3) is 4.78. The van der Waals surface area contributed by atoms with Gasteiger partial charge in [0.2, 0.25) is 10.0 Å². The molecule has 1 fully saturated rings. The number of hydrogen-bond donors (Lipinski definition) is 1. The van der Waals surface area contributed by atoms with Crippen LogP contribution in [0, 0.1) is 5.92 Å². The van der Waals surface area contributed by atoms with Crippen LogP contribution >= 0.6 is 0 Å². The van der Waals surface area contributed by atoms with Crippen molar-refractivity contribution in [2.24, 2.45) is 5.92 Å². The van der Waals surface area contributed by atoms with Crippen molar-refractivity contribution in [1.82, 2.24) is 9.62 Å². The number of nitrogens with one attached hydrogen (secondary N) is 1. The summed E-state index contributed by atoms with van der Waals surface area (Å²) in [5.74, 6) is 0.437. The standard InChI is InChI=1S/C17H26N2O4S/c1-3-14-6-5-10-19(13-14)17(20)15-7-4-8-16(12-15)24(21,22)18-9-11-23-2/h4,7-8,12,14,18H,3,5-6,9-11,13H2,1-2H3. The second-order valence-corrected chi connectivity index (χ2v) is 7.85. The number of amides is 1. The maximum Gasteiger partial charge on any atom is 0.253 e. The molecule has 6 nitrogen and oxygen atoms in total. The zero-order valence-corrected chi connectivity index (χ0v) is 15.1. The molecule has 24 heavy (non-hydrogen) atoms. The smallest absolute Gasteiger partial charge is 0.253 e. The van der Waals surface area contributed by atoms with E-state index in [0.29, 0.717) is 18.1 Å². The fourth-order valence-electron chi connectivity index (χ4n) is 2.92. The van der Waals surface area contributed by atoms with Crippen molar-refractivity contribution >= 4 is 15.9 Å². The van der Waals surface area contributed by atoms with Crippen LogP contribution in [0.4, 0.5) is 0 Å². The van der Waals surface area contributed by atoms with Gasteiger partial charge >= 0.3 is 0 Å². The van der Waals surface area contributed by atoms with E-state index < -0.39 is 10.0 Å². The summed E-state index contributed by atoms with van der Waals surface area (Å²) in [6, 6.07) is 6.23. The number of nitrogens with zero attached hydrogens (tertiary/aromatic N) is 1. The number of rotatable bonds is 7. The van der Waals surface area contributed by atoms with Gasteiger partial charge in [0.25, 0.3) is 5.91 Å². The molecular weight excluding hydrogens is 328 g/mol. The van der Waals surface area contributed by atoms with E-state index in [-0.39, 0.29) is 17.3 Å². The molecule has 1 N–H and O–H groups in total. The minimum atomic E-state index is -3.64. The number of likely N-dealkylation sites (tertiary alicyclic amines) is 1. The highest BCUT2D eigenvalue weighted by molar-refractivity contribution is 7.89. The molecule has 0 radical (unpaired) electrons. The largest absolute Gasteiger partial charge is 0.383 e. The van der Waals surface area contributed by atoms with Gasteiger partial charge in [0, 0.05) is 32.3 Å². The Morgan fingerprint density at radius 2 is 2.21 bits per heavy atom. The van der Waals surface area contributed by atoms with Crippen molar-refractivity contribution in [3.05, 3.63) is 29.8 Å². The minimum absolute atomic E-state index is 0.0953. The monoisotopic (exact) mass is 354 g/mol. The number of benzene rings is 1. The van der Waals surface area contributed by atoms with Crippen molar-refractivity contribution in [3.8, 4) is 0 Å². The number of piperidine rings is 1. The second-order valence-electron chi connectivity index (χ2n) is 6.09. The first-order chi connectivity index (χ1) is 11.5. The van der Waals surface area contributed by atoms with Crippen LogP contribution in [-0.2, 0) is 14.8 Å². The first-order valence-corrected chi connectivity index (χ1v) is 9.84. The van der Waals surface area contributed by atoms with Gasteiger partial charge in [-0.15, -0.1) is 0 Å². The fraction of sp³-hybridized carbons (Fsp3) is 0.588. The molecular formula is C17H26N2O4S. The van der Waals surface area contributed by atoms with Crippen molar-refractivity contribution in [2.75, 3.05) is 33.4 Å². The van der Waals surface area contributed by atoms with Gasteiger partial charge in [-0.25, -0.2) is 13.1 Å². The number of ether oxygens (including phenoxy) is 1. The number of carbonyl (C=O) groups is 1. The quantitative estimate of drug-likeness (QED) is 0.759. The maximum atomic E-state index is 12.7. The van der Waals surface area contributed by atoms with Crippen LogP contribution in [0.25, 0.3) is 0 Å². The van der Waals surface area contributed by atoms with Gasteiger partial charge in [-0.05, 0) is 37.0 Å². The molecule has 1 unspecified atom stereocenters. The minimum Gasteiger partial charge on any atom is -0.383 e. The lowest BCUT2D eigenvalue weighted by molar-refractivity contribution is 0.0671. The topological polar surface area (TPSA) is 75.7 Å². The Kier molecular flexibility index (Phi) is 6.77. The van der Waals surface area contributed by atoms with Gasteiger partial charge in [-0.1, -0.05) is 19.4 Å². The lowest BCUT2D eigenvalue weighted by Gasteiger charge is -2.32. The zero-order chi connectivity index (χ0) is 17.6. The van der Waals surface area contributed by atoms with Crippen LogP contribution in [0.2, 0.25) is 0 Å². The fourth-order valence-corrected chi connectivity index (χ4v) is 3.98. The molecule has 1 amide bonds. The molecule has 1 aliphatic rings. The average Bonchev–Trinajstić information content (AvgIpc) is 2.61. The molecule has 1 aliphatic heterocycles. The second kappa shape index (κ2) is 8.60. The highest BCUT2D eigenvalue weighted by atomic mass is 32.2. The van der Waals surface area contributed by atoms with E-state index in [9.17, 15) is 13.2 Å². The summed E-state index contributed by atoms with van der Waals surface area (Å²) in [7, 11) is -2.13. The van der Waals surface area contributed by atoms with Gasteiger partial charge in [-0.2, -0.15) is 0 Å². The van der Waals surface area contributed by atoms with E-state index >= 15 is 0 Å². The Labute approximate surface area is 144 Å². The molecule has 0 aliphatic carbocycles. The summed E-state index contributed by atoms with van der Waals surface area (Å²) < 4.78 is 31.8. The Morgan fingerprint density at radius 3 is 2.92 bits per heavy atom. The number of carbonyl (C=O) groups excluding carboxylic acids is 1. The van der Waals surface area contributed by atoms with Gasteiger partial charge < -0.3 is 9.64 Å². The van der Waals surface area contributed by atoms with Crippen LogP contribution in [0.15, 0.2) is 29.2 Å². The number of sulfonamides is 1. The summed E-state index contributed by atoms with van der Waals surface area (Å²) in [6.45, 7) is 4.11. The zero-order valence-electron chi connectivity index (χ0n) is 14.3. The van der Waals surface area contributed by atoms with Crippen LogP contribution in [-0.4, -0.2) is 52.6 Å². The molecule has 1 heterocycles. The lowest BCUT2D eigenvalue weighted by atomic mass is 9.95. The predicted molar refractivity (Wildman–Crippen MR) is 92.4 cm³/mol. The summed E-state index contributed by atoms with van der Waals surface area (Å²) in [4.78, 5) is 14.6. The normalized spacial score (nSPS) is 18.6. The molecule has 0 bridgehead atoms. The molecule has 1 saturated heterocycles. The van der Waals surface area contributed by atoms with Crippen molar-refractivity contribution in [3.63, 3.8) is 0 Å². The molecule has 134 valence electrons. The van der Waals surface area contributed by atoms with Crippen molar-refractivity contribution in [1.29, 1.82) is 0 Å². The Bertz CT molecular complexity index is 660. The summed E-state index contributed by atoms with van der Waals surface area (Å²) in [5, 5.41) is 0. The van der Waals surface area contributed by atoms with Gasteiger partial charge in [0.1, 0.15) is 0 Å². The highest BCUT2D eigenvalue weighted by Gasteiger charge is 2.24. The Balaban J connectivity index is 2.13. The van der Waals surface area contributed by atoms with Crippen LogP contribution in [0.1, 0.15) is 36.5 Å².